The van der Waals surface area contributed by atoms with Crippen molar-refractivity contribution in [3.8, 4) is 0 Å². The molecule has 2 heterocycles. The van der Waals surface area contributed by atoms with Crippen molar-refractivity contribution < 1.29 is 19.1 Å². The fourth-order valence-electron chi connectivity index (χ4n) is 2.38. The van der Waals surface area contributed by atoms with Gasteiger partial charge in [-0.05, 0) is 40.5 Å². The molecule has 7 heteroatoms. The maximum atomic E-state index is 12.3. The highest BCUT2D eigenvalue weighted by atomic mass is 16.6. The van der Waals surface area contributed by atoms with Gasteiger partial charge in [0.1, 0.15) is 11.8 Å². The molecule has 1 fully saturated rings. The lowest BCUT2D eigenvalue weighted by Crippen LogP contribution is -2.38. The number of carbonyl (C=O) groups is 2. The van der Waals surface area contributed by atoms with Crippen LogP contribution in [0.5, 0.6) is 0 Å². The fourth-order valence-corrected chi connectivity index (χ4v) is 2.38. The number of carbonyl (C=O) groups excluding carboxylic acids is 2. The number of aromatic nitrogens is 2. The van der Waals surface area contributed by atoms with Crippen LogP contribution in [0.15, 0.2) is 12.4 Å². The number of hydrogen-bond donors (Lipinski definition) is 0. The molecule has 0 aromatic carbocycles. The summed E-state index contributed by atoms with van der Waals surface area (Å²) in [5.41, 5.74) is -0.150. The number of ether oxygens (including phenoxy) is 2. The van der Waals surface area contributed by atoms with E-state index in [-0.39, 0.29) is 12.3 Å². The minimum atomic E-state index is -0.537. The summed E-state index contributed by atoms with van der Waals surface area (Å²) in [4.78, 5) is 25.6. The number of hydrogen-bond acceptors (Lipinski definition) is 5. The van der Waals surface area contributed by atoms with Gasteiger partial charge >= 0.3 is 12.1 Å². The fraction of sp³-hybridized carbons (Fsp3) is 0.667. The molecule has 22 heavy (non-hydrogen) atoms. The van der Waals surface area contributed by atoms with E-state index in [0.717, 1.165) is 12.8 Å². The van der Waals surface area contributed by atoms with Crippen molar-refractivity contribution in [2.45, 2.75) is 52.3 Å². The molecule has 0 saturated carbocycles. The van der Waals surface area contributed by atoms with Crippen molar-refractivity contribution >= 4 is 12.1 Å². The molecule has 1 saturated heterocycles. The molecule has 1 aliphatic heterocycles. The first-order valence-electron chi connectivity index (χ1n) is 7.52. The van der Waals surface area contributed by atoms with Crippen molar-refractivity contribution in [2.24, 2.45) is 0 Å². The maximum absolute atomic E-state index is 12.3. The second-order valence-corrected chi connectivity index (χ2v) is 6.23. The highest BCUT2D eigenvalue weighted by Gasteiger charge is 2.34. The standard InChI is InChI=1S/C15H23N3O4/c1-5-21-13(19)11-9-16-18(10-11)12-7-6-8-17(12)14(20)22-15(2,3)4/h9-10,12H,5-8H2,1-4H3. The summed E-state index contributed by atoms with van der Waals surface area (Å²) in [5.74, 6) is -0.407. The third kappa shape index (κ3) is 3.78. The average molecular weight is 309 g/mol. The maximum Gasteiger partial charge on any atom is 0.411 e. The van der Waals surface area contributed by atoms with Gasteiger partial charge in [-0.3, -0.25) is 4.90 Å². The van der Waals surface area contributed by atoms with Gasteiger partial charge in [-0.25, -0.2) is 14.3 Å². The van der Waals surface area contributed by atoms with E-state index in [2.05, 4.69) is 5.10 Å². The summed E-state index contributed by atoms with van der Waals surface area (Å²) in [5, 5.41) is 4.20. The third-order valence-corrected chi connectivity index (χ3v) is 3.27. The van der Waals surface area contributed by atoms with Crippen molar-refractivity contribution in [3.63, 3.8) is 0 Å². The molecule has 1 aromatic rings. The van der Waals surface area contributed by atoms with Gasteiger partial charge in [0.15, 0.2) is 0 Å². The monoisotopic (exact) mass is 309 g/mol. The van der Waals surface area contributed by atoms with Crippen LogP contribution in [-0.2, 0) is 9.47 Å². The first kappa shape index (κ1) is 16.3. The van der Waals surface area contributed by atoms with Gasteiger partial charge in [-0.1, -0.05) is 0 Å². The van der Waals surface area contributed by atoms with Gasteiger partial charge in [0.05, 0.1) is 18.4 Å². The molecule has 1 aromatic heterocycles. The normalized spacial score (nSPS) is 18.4. The van der Waals surface area contributed by atoms with E-state index >= 15 is 0 Å². The van der Waals surface area contributed by atoms with E-state index in [1.807, 2.05) is 20.8 Å². The largest absolute Gasteiger partial charge is 0.462 e. The zero-order valence-corrected chi connectivity index (χ0v) is 13.5. The Labute approximate surface area is 130 Å². The van der Waals surface area contributed by atoms with E-state index in [4.69, 9.17) is 9.47 Å². The Kier molecular flexibility index (Phi) is 4.73. The molecule has 7 nitrogen and oxygen atoms in total. The Morgan fingerprint density at radius 2 is 2.14 bits per heavy atom. The van der Waals surface area contributed by atoms with Gasteiger partial charge in [0.25, 0.3) is 0 Å². The minimum Gasteiger partial charge on any atom is -0.462 e. The van der Waals surface area contributed by atoms with Gasteiger partial charge in [0, 0.05) is 12.7 Å². The Hall–Kier alpha value is -2.05. The van der Waals surface area contributed by atoms with E-state index in [1.54, 1.807) is 22.7 Å². The van der Waals surface area contributed by atoms with E-state index < -0.39 is 11.6 Å². The van der Waals surface area contributed by atoms with Crippen molar-refractivity contribution in [2.75, 3.05) is 13.2 Å². The quantitative estimate of drug-likeness (QED) is 0.802. The SMILES string of the molecule is CCOC(=O)c1cnn(C2CCCN2C(=O)OC(C)(C)C)c1. The first-order chi connectivity index (χ1) is 10.3. The second-order valence-electron chi connectivity index (χ2n) is 6.23. The molecule has 1 aliphatic rings. The Bertz CT molecular complexity index is 547. The second kappa shape index (κ2) is 6.37. The Morgan fingerprint density at radius 1 is 1.41 bits per heavy atom. The van der Waals surface area contributed by atoms with Crippen LogP contribution in [-0.4, -0.2) is 45.5 Å². The molecule has 0 aliphatic carbocycles. The Balaban J connectivity index is 2.10. The lowest BCUT2D eigenvalue weighted by molar-refractivity contribution is 0.0149. The first-order valence-corrected chi connectivity index (χ1v) is 7.52. The molecule has 0 radical (unpaired) electrons. The number of rotatable bonds is 3. The molecule has 122 valence electrons. The molecule has 1 atom stereocenters. The van der Waals surface area contributed by atoms with Crippen LogP contribution in [0.1, 0.15) is 57.1 Å². The Morgan fingerprint density at radius 3 is 2.77 bits per heavy atom. The van der Waals surface area contributed by atoms with Crippen LogP contribution >= 0.6 is 0 Å². The summed E-state index contributed by atoms with van der Waals surface area (Å²) >= 11 is 0. The molecular formula is C15H23N3O4. The van der Waals surface area contributed by atoms with Gasteiger partial charge < -0.3 is 9.47 Å². The summed E-state index contributed by atoms with van der Waals surface area (Å²) in [6.07, 6.45) is 4.15. The molecule has 1 unspecified atom stereocenters. The topological polar surface area (TPSA) is 73.7 Å². The summed E-state index contributed by atoms with van der Waals surface area (Å²) in [7, 11) is 0. The van der Waals surface area contributed by atoms with E-state index in [0.29, 0.717) is 18.7 Å². The van der Waals surface area contributed by atoms with E-state index in [9.17, 15) is 9.59 Å². The molecule has 0 N–H and O–H groups in total. The van der Waals surface area contributed by atoms with Crippen LogP contribution in [0.2, 0.25) is 0 Å². The van der Waals surface area contributed by atoms with E-state index in [1.165, 1.54) is 6.20 Å². The average Bonchev–Trinajstić information content (AvgIpc) is 3.06. The summed E-state index contributed by atoms with van der Waals surface area (Å²) < 4.78 is 12.0. The van der Waals surface area contributed by atoms with Gasteiger partial charge in [-0.2, -0.15) is 5.10 Å². The van der Waals surface area contributed by atoms with Crippen molar-refractivity contribution in [3.05, 3.63) is 18.0 Å². The molecule has 0 bridgehead atoms. The lowest BCUT2D eigenvalue weighted by Gasteiger charge is -2.28. The van der Waals surface area contributed by atoms with Crippen molar-refractivity contribution in [1.82, 2.24) is 14.7 Å². The molecule has 2 rings (SSSR count). The number of likely N-dealkylation sites (tertiary alicyclic amines) is 1. The van der Waals surface area contributed by atoms with Gasteiger partial charge in [0.2, 0.25) is 0 Å². The molecular weight excluding hydrogens is 286 g/mol. The molecule has 0 spiro atoms. The predicted molar refractivity (Wildman–Crippen MR) is 79.4 cm³/mol. The number of nitrogens with zero attached hydrogens (tertiary/aromatic N) is 3. The number of amides is 1. The van der Waals surface area contributed by atoms with Crippen LogP contribution in [0.25, 0.3) is 0 Å². The highest BCUT2D eigenvalue weighted by Crippen LogP contribution is 2.28. The lowest BCUT2D eigenvalue weighted by atomic mass is 10.2. The third-order valence-electron chi connectivity index (χ3n) is 3.27. The van der Waals surface area contributed by atoms with Crippen LogP contribution < -0.4 is 0 Å². The van der Waals surface area contributed by atoms with Gasteiger partial charge in [-0.15, -0.1) is 0 Å². The number of esters is 1. The zero-order valence-electron chi connectivity index (χ0n) is 13.5. The van der Waals surface area contributed by atoms with Crippen LogP contribution in [0.4, 0.5) is 4.79 Å². The van der Waals surface area contributed by atoms with Crippen LogP contribution in [0.3, 0.4) is 0 Å². The zero-order chi connectivity index (χ0) is 16.3. The summed E-state index contributed by atoms with van der Waals surface area (Å²) in [6.45, 7) is 8.20. The highest BCUT2D eigenvalue weighted by molar-refractivity contribution is 5.88. The molecule has 1 amide bonds. The van der Waals surface area contributed by atoms with Crippen molar-refractivity contribution in [1.29, 1.82) is 0 Å². The minimum absolute atomic E-state index is 0.224. The smallest absolute Gasteiger partial charge is 0.411 e. The summed E-state index contributed by atoms with van der Waals surface area (Å²) in [6, 6.07) is 0. The predicted octanol–water partition coefficient (Wildman–Crippen LogP) is 2.59. The van der Waals surface area contributed by atoms with Crippen LogP contribution in [0, 0.1) is 0 Å².